The molecule has 3 nitrogen and oxygen atoms in total. The Bertz CT molecular complexity index is 409. The molecular formula is C11H12N2O. The van der Waals surface area contributed by atoms with E-state index in [-0.39, 0.29) is 5.92 Å². The number of hydrogen-bond acceptors (Lipinski definition) is 2. The Labute approximate surface area is 82.4 Å². The van der Waals surface area contributed by atoms with Crippen LogP contribution in [0.15, 0.2) is 36.8 Å². The van der Waals surface area contributed by atoms with E-state index in [0.717, 1.165) is 11.3 Å². The number of hydrogen-bond donors (Lipinski definition) is 2. The van der Waals surface area contributed by atoms with Gasteiger partial charge in [0, 0.05) is 17.8 Å². The summed E-state index contributed by atoms with van der Waals surface area (Å²) in [6.45, 7) is 2.07. The lowest BCUT2D eigenvalue weighted by Gasteiger charge is -2.09. The maximum atomic E-state index is 9.33. The van der Waals surface area contributed by atoms with Crippen molar-refractivity contribution >= 4 is 0 Å². The molecule has 1 aromatic carbocycles. The molecule has 0 aliphatic rings. The molecule has 0 aliphatic carbocycles. The summed E-state index contributed by atoms with van der Waals surface area (Å²) >= 11 is 0. The average molecular weight is 188 g/mol. The molecular weight excluding hydrogens is 176 g/mol. The summed E-state index contributed by atoms with van der Waals surface area (Å²) in [5, 5.41) is 9.33. The SMILES string of the molecule is C[C@@H](c1cccc(O)c1)c1cnc[nH]1. The van der Waals surface area contributed by atoms with E-state index in [4.69, 9.17) is 0 Å². The third kappa shape index (κ3) is 1.62. The average Bonchev–Trinajstić information content (AvgIpc) is 2.69. The van der Waals surface area contributed by atoms with Gasteiger partial charge in [0.15, 0.2) is 0 Å². The van der Waals surface area contributed by atoms with Crippen molar-refractivity contribution in [1.29, 1.82) is 0 Å². The second kappa shape index (κ2) is 3.54. The highest BCUT2D eigenvalue weighted by Crippen LogP contribution is 2.24. The number of nitrogens with zero attached hydrogens (tertiary/aromatic N) is 1. The van der Waals surface area contributed by atoms with Crippen LogP contribution >= 0.6 is 0 Å². The number of phenolic OH excluding ortho intramolecular Hbond substituents is 1. The Morgan fingerprint density at radius 1 is 1.43 bits per heavy atom. The Kier molecular flexibility index (Phi) is 2.23. The molecule has 1 atom stereocenters. The number of H-pyrrole nitrogens is 1. The molecule has 0 unspecified atom stereocenters. The minimum atomic E-state index is 0.226. The summed E-state index contributed by atoms with van der Waals surface area (Å²) < 4.78 is 0. The molecule has 14 heavy (non-hydrogen) atoms. The molecule has 0 aliphatic heterocycles. The predicted molar refractivity (Wildman–Crippen MR) is 54.2 cm³/mol. The molecule has 0 bridgehead atoms. The van der Waals surface area contributed by atoms with E-state index in [0.29, 0.717) is 5.75 Å². The van der Waals surface area contributed by atoms with Crippen LogP contribution < -0.4 is 0 Å². The number of phenols is 1. The topological polar surface area (TPSA) is 48.9 Å². The maximum absolute atomic E-state index is 9.33. The molecule has 3 heteroatoms. The second-order valence-electron chi connectivity index (χ2n) is 3.32. The number of benzene rings is 1. The smallest absolute Gasteiger partial charge is 0.115 e. The molecule has 2 N–H and O–H groups in total. The van der Waals surface area contributed by atoms with Crippen LogP contribution in [0.2, 0.25) is 0 Å². The van der Waals surface area contributed by atoms with Gasteiger partial charge in [0.05, 0.1) is 6.33 Å². The van der Waals surface area contributed by atoms with Crippen molar-refractivity contribution in [3.8, 4) is 5.75 Å². The molecule has 1 heterocycles. The molecule has 1 aromatic heterocycles. The highest BCUT2D eigenvalue weighted by molar-refractivity contribution is 5.33. The van der Waals surface area contributed by atoms with Gasteiger partial charge >= 0.3 is 0 Å². The highest BCUT2D eigenvalue weighted by atomic mass is 16.3. The lowest BCUT2D eigenvalue weighted by atomic mass is 9.98. The van der Waals surface area contributed by atoms with Gasteiger partial charge < -0.3 is 10.1 Å². The summed E-state index contributed by atoms with van der Waals surface area (Å²) in [6, 6.07) is 7.28. The first kappa shape index (κ1) is 8.81. The largest absolute Gasteiger partial charge is 0.508 e. The zero-order chi connectivity index (χ0) is 9.97. The van der Waals surface area contributed by atoms with E-state index in [1.165, 1.54) is 0 Å². The minimum absolute atomic E-state index is 0.226. The van der Waals surface area contributed by atoms with Crippen molar-refractivity contribution in [3.63, 3.8) is 0 Å². The van der Waals surface area contributed by atoms with Gasteiger partial charge in [-0.05, 0) is 17.7 Å². The van der Waals surface area contributed by atoms with Crippen molar-refractivity contribution < 1.29 is 5.11 Å². The van der Waals surface area contributed by atoms with Crippen LogP contribution in [-0.2, 0) is 0 Å². The molecule has 0 fully saturated rings. The fourth-order valence-corrected chi connectivity index (χ4v) is 1.48. The van der Waals surface area contributed by atoms with Crippen molar-refractivity contribution in [1.82, 2.24) is 9.97 Å². The first-order valence-corrected chi connectivity index (χ1v) is 4.54. The number of aromatic hydroxyl groups is 1. The van der Waals surface area contributed by atoms with E-state index in [2.05, 4.69) is 16.9 Å². The van der Waals surface area contributed by atoms with Gasteiger partial charge in [-0.25, -0.2) is 4.98 Å². The lowest BCUT2D eigenvalue weighted by molar-refractivity contribution is 0.474. The summed E-state index contributed by atoms with van der Waals surface area (Å²) in [6.07, 6.45) is 3.46. The van der Waals surface area contributed by atoms with Gasteiger partial charge in [0.2, 0.25) is 0 Å². The normalized spacial score (nSPS) is 12.6. The number of nitrogens with one attached hydrogen (secondary N) is 1. The first-order valence-electron chi connectivity index (χ1n) is 4.54. The molecule has 72 valence electrons. The van der Waals surface area contributed by atoms with Crippen molar-refractivity contribution in [2.75, 3.05) is 0 Å². The van der Waals surface area contributed by atoms with Crippen LogP contribution in [0.1, 0.15) is 24.1 Å². The van der Waals surface area contributed by atoms with Gasteiger partial charge in [-0.2, -0.15) is 0 Å². The molecule has 0 radical (unpaired) electrons. The van der Waals surface area contributed by atoms with Crippen LogP contribution in [0.25, 0.3) is 0 Å². The molecule has 2 aromatic rings. The first-order chi connectivity index (χ1) is 6.77. The zero-order valence-corrected chi connectivity index (χ0v) is 7.94. The third-order valence-corrected chi connectivity index (χ3v) is 2.36. The third-order valence-electron chi connectivity index (χ3n) is 2.36. The van der Waals surface area contributed by atoms with E-state index in [1.807, 2.05) is 12.1 Å². The maximum Gasteiger partial charge on any atom is 0.115 e. The van der Waals surface area contributed by atoms with Crippen LogP contribution in [0.5, 0.6) is 5.75 Å². The number of aromatic nitrogens is 2. The number of imidazole rings is 1. The van der Waals surface area contributed by atoms with Crippen molar-refractivity contribution in [2.24, 2.45) is 0 Å². The summed E-state index contributed by atoms with van der Waals surface area (Å²) in [4.78, 5) is 7.04. The van der Waals surface area contributed by atoms with Crippen LogP contribution in [0, 0.1) is 0 Å². The fraction of sp³-hybridized carbons (Fsp3) is 0.182. The van der Waals surface area contributed by atoms with Gasteiger partial charge in [-0.1, -0.05) is 19.1 Å². The molecule has 0 amide bonds. The summed E-state index contributed by atoms with van der Waals surface area (Å²) in [5.41, 5.74) is 2.13. The minimum Gasteiger partial charge on any atom is -0.508 e. The van der Waals surface area contributed by atoms with E-state index in [9.17, 15) is 5.11 Å². The monoisotopic (exact) mass is 188 g/mol. The highest BCUT2D eigenvalue weighted by Gasteiger charge is 2.09. The van der Waals surface area contributed by atoms with Gasteiger partial charge in [-0.3, -0.25) is 0 Å². The number of rotatable bonds is 2. The van der Waals surface area contributed by atoms with Gasteiger partial charge in [0.1, 0.15) is 5.75 Å². The Morgan fingerprint density at radius 2 is 2.29 bits per heavy atom. The molecule has 0 spiro atoms. The van der Waals surface area contributed by atoms with Crippen LogP contribution in [0.4, 0.5) is 0 Å². The van der Waals surface area contributed by atoms with Crippen molar-refractivity contribution in [3.05, 3.63) is 48.0 Å². The van der Waals surface area contributed by atoms with Gasteiger partial charge in [0.25, 0.3) is 0 Å². The van der Waals surface area contributed by atoms with E-state index in [1.54, 1.807) is 24.7 Å². The molecule has 2 rings (SSSR count). The summed E-state index contributed by atoms with van der Waals surface area (Å²) in [5.74, 6) is 0.526. The lowest BCUT2D eigenvalue weighted by Crippen LogP contribution is -1.95. The fourth-order valence-electron chi connectivity index (χ4n) is 1.48. The molecule has 0 saturated heterocycles. The Hall–Kier alpha value is -1.77. The van der Waals surface area contributed by atoms with Crippen LogP contribution in [-0.4, -0.2) is 15.1 Å². The van der Waals surface area contributed by atoms with E-state index >= 15 is 0 Å². The van der Waals surface area contributed by atoms with E-state index < -0.39 is 0 Å². The predicted octanol–water partition coefficient (Wildman–Crippen LogP) is 2.27. The molecule has 0 saturated carbocycles. The Morgan fingerprint density at radius 3 is 2.93 bits per heavy atom. The summed E-state index contributed by atoms with van der Waals surface area (Å²) in [7, 11) is 0. The van der Waals surface area contributed by atoms with Crippen molar-refractivity contribution in [2.45, 2.75) is 12.8 Å². The van der Waals surface area contributed by atoms with Gasteiger partial charge in [-0.15, -0.1) is 0 Å². The zero-order valence-electron chi connectivity index (χ0n) is 7.94. The Balaban J connectivity index is 2.32. The quantitative estimate of drug-likeness (QED) is 0.759. The number of aromatic amines is 1. The standard InChI is InChI=1S/C11H12N2O/c1-8(11-6-12-7-13-11)9-3-2-4-10(14)5-9/h2-8,14H,1H3,(H,12,13)/t8-/m0/s1. The second-order valence-corrected chi connectivity index (χ2v) is 3.32. The van der Waals surface area contributed by atoms with Crippen LogP contribution in [0.3, 0.4) is 0 Å².